The number of rotatable bonds is 4. The molecule has 2 aromatic heterocycles. The Balaban J connectivity index is 1.16. The summed E-state index contributed by atoms with van der Waals surface area (Å²) in [6.07, 6.45) is 4.20. The van der Waals surface area contributed by atoms with Crippen LogP contribution in [0.2, 0.25) is 0 Å². The summed E-state index contributed by atoms with van der Waals surface area (Å²) in [6, 6.07) is 13.8. The van der Waals surface area contributed by atoms with E-state index in [1.54, 1.807) is 41.7 Å². The van der Waals surface area contributed by atoms with Crippen molar-refractivity contribution < 1.29 is 19.1 Å². The molecule has 2 aliphatic rings. The molecular formula is C24H19N5O4S. The van der Waals surface area contributed by atoms with E-state index in [0.29, 0.717) is 30.0 Å². The van der Waals surface area contributed by atoms with Gasteiger partial charge in [-0.1, -0.05) is 30.3 Å². The van der Waals surface area contributed by atoms with Crippen molar-refractivity contribution in [1.82, 2.24) is 19.6 Å². The third kappa shape index (κ3) is 3.22. The third-order valence-electron chi connectivity index (χ3n) is 6.12. The number of imide groups is 1. The molecule has 170 valence electrons. The van der Waals surface area contributed by atoms with E-state index in [1.165, 1.54) is 0 Å². The van der Waals surface area contributed by atoms with Crippen molar-refractivity contribution in [3.05, 3.63) is 71.9 Å². The quantitative estimate of drug-likeness (QED) is 0.443. The number of amides is 4. The molecule has 2 aromatic carbocycles. The van der Waals surface area contributed by atoms with E-state index in [0.717, 1.165) is 21.1 Å². The summed E-state index contributed by atoms with van der Waals surface area (Å²) in [7, 11) is 0. The van der Waals surface area contributed by atoms with Crippen molar-refractivity contribution in [2.45, 2.75) is 12.0 Å². The Labute approximate surface area is 198 Å². The second-order valence-corrected chi connectivity index (χ2v) is 9.04. The lowest BCUT2D eigenvalue weighted by molar-refractivity contribution is -0.135. The van der Waals surface area contributed by atoms with Crippen LogP contribution in [0, 0.1) is 0 Å². The number of nitrogens with zero attached hydrogens (tertiary/aromatic N) is 3. The van der Waals surface area contributed by atoms with Gasteiger partial charge in [0.2, 0.25) is 5.91 Å². The maximum Gasteiger partial charge on any atom is 0.325 e. The molecule has 1 saturated heterocycles. The van der Waals surface area contributed by atoms with Crippen molar-refractivity contribution in [3.63, 3.8) is 0 Å². The van der Waals surface area contributed by atoms with Crippen LogP contribution in [0.4, 0.5) is 10.5 Å². The zero-order valence-electron chi connectivity index (χ0n) is 17.9. The number of imidazole rings is 1. The van der Waals surface area contributed by atoms with E-state index in [-0.39, 0.29) is 6.54 Å². The second kappa shape index (κ2) is 7.70. The number of urea groups is 1. The summed E-state index contributed by atoms with van der Waals surface area (Å²) in [5.41, 5.74) is 1.73. The van der Waals surface area contributed by atoms with E-state index in [1.807, 2.05) is 40.4 Å². The van der Waals surface area contributed by atoms with Gasteiger partial charge in [0, 0.05) is 41.0 Å². The van der Waals surface area contributed by atoms with Gasteiger partial charge in [-0.15, -0.1) is 11.3 Å². The topological polar surface area (TPSA) is 105 Å². The van der Waals surface area contributed by atoms with Crippen molar-refractivity contribution in [3.8, 4) is 17.0 Å². The number of hydrogen-bond donors (Lipinski definition) is 2. The number of anilines is 1. The molecule has 34 heavy (non-hydrogen) atoms. The first-order valence-corrected chi connectivity index (χ1v) is 11.6. The van der Waals surface area contributed by atoms with Crippen LogP contribution >= 0.6 is 11.3 Å². The van der Waals surface area contributed by atoms with Gasteiger partial charge < -0.3 is 15.4 Å². The van der Waals surface area contributed by atoms with Crippen LogP contribution in [0.15, 0.2) is 66.3 Å². The number of aromatic nitrogens is 2. The van der Waals surface area contributed by atoms with Gasteiger partial charge >= 0.3 is 6.03 Å². The normalized spacial score (nSPS) is 19.2. The number of fused-ring (bicyclic) bond motifs is 3. The summed E-state index contributed by atoms with van der Waals surface area (Å²) in [4.78, 5) is 45.1. The van der Waals surface area contributed by atoms with Gasteiger partial charge in [0.25, 0.3) is 5.91 Å². The van der Waals surface area contributed by atoms with Crippen LogP contribution in [-0.4, -0.2) is 45.3 Å². The van der Waals surface area contributed by atoms with Gasteiger partial charge in [0.1, 0.15) is 12.3 Å². The zero-order valence-corrected chi connectivity index (χ0v) is 18.7. The minimum atomic E-state index is -1.20. The maximum atomic E-state index is 13.3. The minimum absolute atomic E-state index is 0.296. The molecule has 0 unspecified atom stereocenters. The van der Waals surface area contributed by atoms with E-state index in [2.05, 4.69) is 15.6 Å². The number of nitrogens with one attached hydrogen (secondary N) is 2. The first kappa shape index (κ1) is 20.4. The number of carbonyl (C=O) groups is 3. The van der Waals surface area contributed by atoms with Crippen molar-refractivity contribution >= 4 is 39.8 Å². The molecule has 0 bridgehead atoms. The predicted molar refractivity (Wildman–Crippen MR) is 126 cm³/mol. The number of para-hydroxylation sites is 1. The fraction of sp³-hybridized carbons (Fsp3) is 0.167. The second-order valence-electron chi connectivity index (χ2n) is 8.17. The Morgan fingerprint density at radius 2 is 2.00 bits per heavy atom. The van der Waals surface area contributed by atoms with Gasteiger partial charge in [-0.05, 0) is 18.2 Å². The molecule has 1 spiro atoms. The highest BCUT2D eigenvalue weighted by atomic mass is 32.1. The highest BCUT2D eigenvalue weighted by molar-refractivity contribution is 7.15. The molecule has 0 radical (unpaired) electrons. The fourth-order valence-corrected chi connectivity index (χ4v) is 5.15. The molecular weight excluding hydrogens is 454 g/mol. The summed E-state index contributed by atoms with van der Waals surface area (Å²) in [5, 5.41) is 7.53. The Morgan fingerprint density at radius 1 is 1.18 bits per heavy atom. The van der Waals surface area contributed by atoms with E-state index >= 15 is 0 Å². The molecule has 4 heterocycles. The van der Waals surface area contributed by atoms with Crippen molar-refractivity contribution in [2.75, 3.05) is 18.5 Å². The van der Waals surface area contributed by atoms with Crippen LogP contribution in [0.5, 0.6) is 5.75 Å². The lowest BCUT2D eigenvalue weighted by Crippen LogP contribution is -2.48. The molecule has 9 nitrogen and oxygen atoms in total. The molecule has 4 aromatic rings. The summed E-state index contributed by atoms with van der Waals surface area (Å²) in [6.45, 7) is -0.0847. The Kier molecular flexibility index (Phi) is 4.63. The maximum absolute atomic E-state index is 13.3. The minimum Gasteiger partial charge on any atom is -0.493 e. The van der Waals surface area contributed by atoms with Gasteiger partial charge in [-0.3, -0.25) is 18.9 Å². The Bertz CT molecular complexity index is 1410. The van der Waals surface area contributed by atoms with E-state index in [9.17, 15) is 14.4 Å². The smallest absolute Gasteiger partial charge is 0.325 e. The monoisotopic (exact) mass is 473 g/mol. The summed E-state index contributed by atoms with van der Waals surface area (Å²) in [5.74, 6) is -0.346. The number of benzene rings is 2. The van der Waals surface area contributed by atoms with Gasteiger partial charge in [-0.25, -0.2) is 9.78 Å². The standard InChI is InChI=1S/C24H19N5O4S/c30-20(25-16-7-5-15(6-8-16)18-13-28-10-12-34-23(28)26-18)14-29-21(31)24(27-22(29)32)9-11-33-19-4-2-1-3-17(19)24/h1-8,10,12-13H,9,11,14H2,(H,25,30)(H,27,32)/t24-/m1/s1. The van der Waals surface area contributed by atoms with Crippen molar-refractivity contribution in [1.29, 1.82) is 0 Å². The zero-order chi connectivity index (χ0) is 23.3. The first-order valence-electron chi connectivity index (χ1n) is 10.7. The largest absolute Gasteiger partial charge is 0.493 e. The SMILES string of the molecule is O=C(CN1C(=O)N[C@@]2(CCOc3ccccc32)C1=O)Nc1ccc(-c2cn3ccsc3n2)cc1. The number of carbonyl (C=O) groups excluding carboxylic acids is 3. The fourth-order valence-electron chi connectivity index (χ4n) is 4.45. The molecule has 10 heteroatoms. The highest BCUT2D eigenvalue weighted by Gasteiger charge is 2.55. The molecule has 2 aliphatic heterocycles. The van der Waals surface area contributed by atoms with Crippen LogP contribution < -0.4 is 15.4 Å². The van der Waals surface area contributed by atoms with Crippen LogP contribution in [0.3, 0.4) is 0 Å². The molecule has 0 aliphatic carbocycles. The molecule has 1 fully saturated rings. The van der Waals surface area contributed by atoms with Gasteiger partial charge in [0.15, 0.2) is 10.5 Å². The Morgan fingerprint density at radius 3 is 2.82 bits per heavy atom. The molecule has 2 N–H and O–H groups in total. The number of hydrogen-bond acceptors (Lipinski definition) is 6. The third-order valence-corrected chi connectivity index (χ3v) is 6.89. The average Bonchev–Trinajstić information content (AvgIpc) is 3.50. The van der Waals surface area contributed by atoms with Gasteiger partial charge in [-0.2, -0.15) is 0 Å². The molecule has 0 saturated carbocycles. The van der Waals surface area contributed by atoms with Crippen LogP contribution in [0.1, 0.15) is 12.0 Å². The number of thiazole rings is 1. The first-order chi connectivity index (χ1) is 16.5. The van der Waals surface area contributed by atoms with Crippen LogP contribution in [0.25, 0.3) is 16.2 Å². The summed E-state index contributed by atoms with van der Waals surface area (Å²) < 4.78 is 7.59. The van der Waals surface area contributed by atoms with E-state index < -0.39 is 23.4 Å². The Hall–Kier alpha value is -4.18. The molecule has 6 rings (SSSR count). The highest BCUT2D eigenvalue weighted by Crippen LogP contribution is 2.40. The van der Waals surface area contributed by atoms with Crippen LogP contribution in [-0.2, 0) is 15.1 Å². The average molecular weight is 474 g/mol. The van der Waals surface area contributed by atoms with Crippen molar-refractivity contribution in [2.24, 2.45) is 0 Å². The van der Waals surface area contributed by atoms with E-state index in [4.69, 9.17) is 4.74 Å². The lowest BCUT2D eigenvalue weighted by atomic mass is 9.84. The molecule has 4 amide bonds. The predicted octanol–water partition coefficient (Wildman–Crippen LogP) is 3.23. The number of ether oxygens (including phenoxy) is 1. The summed E-state index contributed by atoms with van der Waals surface area (Å²) >= 11 is 1.56. The van der Waals surface area contributed by atoms with Gasteiger partial charge in [0.05, 0.1) is 12.3 Å². The lowest BCUT2D eigenvalue weighted by Gasteiger charge is -2.33. The molecule has 1 atom stereocenters.